The highest BCUT2D eigenvalue weighted by Crippen LogP contribution is 2.39. The first-order valence-electron chi connectivity index (χ1n) is 16.1. The Morgan fingerprint density at radius 2 is 1.56 bits per heavy atom. The van der Waals surface area contributed by atoms with Gasteiger partial charge < -0.3 is 25.1 Å². The summed E-state index contributed by atoms with van der Waals surface area (Å²) in [6.45, 7) is 1.80. The van der Waals surface area contributed by atoms with Gasteiger partial charge in [0, 0.05) is 32.7 Å². The average Bonchev–Trinajstić information content (AvgIpc) is 3.77. The van der Waals surface area contributed by atoms with Crippen LogP contribution in [0, 0.1) is 0 Å². The van der Waals surface area contributed by atoms with Gasteiger partial charge in [-0.25, -0.2) is 4.79 Å². The van der Waals surface area contributed by atoms with Crippen molar-refractivity contribution in [3.8, 4) is 11.3 Å². The number of rotatable bonds is 11. The molecule has 11 heteroatoms. The lowest BCUT2D eigenvalue weighted by Gasteiger charge is -2.14. The van der Waals surface area contributed by atoms with Gasteiger partial charge in [-0.2, -0.15) is 0 Å². The Labute approximate surface area is 298 Å². The standard InChI is InChI=1S/C39H35N3O6S2/c1-24(35(43)42-38-34(39(46)47-2)30-15-9-10-16-33(30)50-38)49-29-20-17-27(18-21-29)40-37(45)31(41-36(44)26-13-7-4-8-14-26)23-28-19-22-32(48-28)25-11-5-3-6-12-25/h3-8,11-14,17-24H,9-10,15-16H2,1-2H3,(H,40,45)(H,41,44)(H,42,43)/b31-23+/t24-/m1/s1. The lowest BCUT2D eigenvalue weighted by atomic mass is 9.95. The van der Waals surface area contributed by atoms with Crippen molar-refractivity contribution in [1.29, 1.82) is 0 Å². The van der Waals surface area contributed by atoms with E-state index in [0.29, 0.717) is 33.3 Å². The highest BCUT2D eigenvalue weighted by molar-refractivity contribution is 8.00. The van der Waals surface area contributed by atoms with E-state index in [-0.39, 0.29) is 11.6 Å². The van der Waals surface area contributed by atoms with E-state index in [1.165, 1.54) is 36.3 Å². The number of anilines is 2. The molecular formula is C39H35N3O6S2. The van der Waals surface area contributed by atoms with E-state index >= 15 is 0 Å². The van der Waals surface area contributed by atoms with E-state index in [4.69, 9.17) is 9.15 Å². The molecule has 0 fully saturated rings. The number of hydrogen-bond acceptors (Lipinski definition) is 8. The van der Waals surface area contributed by atoms with E-state index < -0.39 is 23.0 Å². The quantitative estimate of drug-likeness (QED) is 0.0719. The van der Waals surface area contributed by atoms with Gasteiger partial charge in [-0.1, -0.05) is 48.5 Å². The molecule has 1 aliphatic rings. The maximum Gasteiger partial charge on any atom is 0.341 e. The van der Waals surface area contributed by atoms with Gasteiger partial charge in [0.25, 0.3) is 11.8 Å². The maximum atomic E-state index is 13.5. The lowest BCUT2D eigenvalue weighted by molar-refractivity contribution is -0.115. The van der Waals surface area contributed by atoms with Crippen LogP contribution in [-0.4, -0.2) is 36.1 Å². The number of ether oxygens (including phenoxy) is 1. The summed E-state index contributed by atoms with van der Waals surface area (Å²) < 4.78 is 11.0. The molecule has 50 heavy (non-hydrogen) atoms. The number of hydrogen-bond donors (Lipinski definition) is 3. The van der Waals surface area contributed by atoms with Crippen LogP contribution in [0.4, 0.5) is 10.7 Å². The molecule has 0 spiro atoms. The summed E-state index contributed by atoms with van der Waals surface area (Å²) in [4.78, 5) is 54.3. The van der Waals surface area contributed by atoms with Crippen molar-refractivity contribution in [2.75, 3.05) is 17.7 Å². The lowest BCUT2D eigenvalue weighted by Crippen LogP contribution is -2.30. The maximum absolute atomic E-state index is 13.5. The SMILES string of the molecule is COC(=O)c1c(NC(=O)[C@@H](C)Sc2ccc(NC(=O)/C(=C\c3ccc(-c4ccccc4)o3)NC(=O)c3ccccc3)cc2)sc2c1CCCC2. The van der Waals surface area contributed by atoms with Gasteiger partial charge in [0.05, 0.1) is 17.9 Å². The van der Waals surface area contributed by atoms with Gasteiger partial charge >= 0.3 is 5.97 Å². The van der Waals surface area contributed by atoms with Crippen LogP contribution in [0.3, 0.4) is 0 Å². The number of amides is 3. The van der Waals surface area contributed by atoms with E-state index in [2.05, 4.69) is 16.0 Å². The zero-order valence-electron chi connectivity index (χ0n) is 27.5. The smallest absolute Gasteiger partial charge is 0.341 e. The largest absolute Gasteiger partial charge is 0.465 e. The summed E-state index contributed by atoms with van der Waals surface area (Å²) in [6, 6.07) is 28.8. The number of nitrogens with one attached hydrogen (secondary N) is 3. The summed E-state index contributed by atoms with van der Waals surface area (Å²) in [5.74, 6) is -0.629. The molecule has 3 N–H and O–H groups in total. The Kier molecular flexibility index (Phi) is 10.9. The van der Waals surface area contributed by atoms with E-state index in [1.54, 1.807) is 73.7 Å². The summed E-state index contributed by atoms with van der Waals surface area (Å²) in [6.07, 6.45) is 5.24. The fourth-order valence-corrected chi connectivity index (χ4v) is 7.68. The molecule has 0 radical (unpaired) electrons. The number of fused-ring (bicyclic) bond motifs is 1. The number of esters is 1. The third kappa shape index (κ3) is 8.24. The third-order valence-corrected chi connectivity index (χ3v) is 10.4. The second-order valence-corrected chi connectivity index (χ2v) is 14.1. The van der Waals surface area contributed by atoms with Crippen molar-refractivity contribution >= 4 is 63.6 Å². The van der Waals surface area contributed by atoms with Gasteiger partial charge in [0.2, 0.25) is 5.91 Å². The fourth-order valence-electron chi connectivity index (χ4n) is 5.53. The van der Waals surface area contributed by atoms with E-state index in [1.807, 2.05) is 30.3 Å². The Bertz CT molecular complexity index is 2030. The molecule has 254 valence electrons. The van der Waals surface area contributed by atoms with Gasteiger partial charge in [-0.3, -0.25) is 14.4 Å². The number of aryl methyl sites for hydroxylation is 1. The van der Waals surface area contributed by atoms with Crippen LogP contribution in [0.2, 0.25) is 0 Å². The van der Waals surface area contributed by atoms with Crippen molar-refractivity contribution in [3.05, 3.63) is 130 Å². The number of carbonyl (C=O) groups excluding carboxylic acids is 4. The summed E-state index contributed by atoms with van der Waals surface area (Å²) in [7, 11) is 1.35. The zero-order valence-corrected chi connectivity index (χ0v) is 29.1. The van der Waals surface area contributed by atoms with Crippen LogP contribution in [0.1, 0.15) is 56.7 Å². The number of carbonyl (C=O) groups is 4. The predicted molar refractivity (Wildman–Crippen MR) is 197 cm³/mol. The number of methoxy groups -OCH3 is 1. The second kappa shape index (κ2) is 15.9. The van der Waals surface area contributed by atoms with E-state index in [0.717, 1.165) is 46.6 Å². The monoisotopic (exact) mass is 705 g/mol. The molecular weight excluding hydrogens is 671 g/mol. The Morgan fingerprint density at radius 3 is 2.28 bits per heavy atom. The molecule has 3 aromatic carbocycles. The summed E-state index contributed by atoms with van der Waals surface area (Å²) in [5.41, 5.74) is 3.23. The molecule has 0 aliphatic heterocycles. The van der Waals surface area contributed by atoms with Crippen LogP contribution >= 0.6 is 23.1 Å². The van der Waals surface area contributed by atoms with Gasteiger partial charge in [0.1, 0.15) is 22.2 Å². The van der Waals surface area contributed by atoms with Crippen molar-refractivity contribution in [2.24, 2.45) is 0 Å². The molecule has 0 saturated heterocycles. The molecule has 6 rings (SSSR count). The Morgan fingerprint density at radius 1 is 0.860 bits per heavy atom. The molecule has 2 heterocycles. The van der Waals surface area contributed by atoms with Crippen LogP contribution in [0.15, 0.2) is 112 Å². The number of thiophene rings is 1. The third-order valence-electron chi connectivity index (χ3n) is 8.09. The van der Waals surface area contributed by atoms with Crippen molar-refractivity contribution < 1.29 is 28.3 Å². The van der Waals surface area contributed by atoms with E-state index in [9.17, 15) is 19.2 Å². The van der Waals surface area contributed by atoms with Crippen molar-refractivity contribution in [3.63, 3.8) is 0 Å². The van der Waals surface area contributed by atoms with Gasteiger partial charge in [-0.15, -0.1) is 23.1 Å². The number of benzene rings is 3. The van der Waals surface area contributed by atoms with Crippen LogP contribution in [0.25, 0.3) is 17.4 Å². The average molecular weight is 706 g/mol. The van der Waals surface area contributed by atoms with Crippen LogP contribution in [0.5, 0.6) is 0 Å². The first kappa shape index (κ1) is 34.5. The second-order valence-electron chi connectivity index (χ2n) is 11.6. The summed E-state index contributed by atoms with van der Waals surface area (Å²) >= 11 is 2.80. The molecule has 5 aromatic rings. The first-order chi connectivity index (χ1) is 24.3. The molecule has 1 atom stereocenters. The Hall–Kier alpha value is -5.39. The zero-order chi connectivity index (χ0) is 35.0. The molecule has 0 bridgehead atoms. The van der Waals surface area contributed by atoms with Crippen LogP contribution < -0.4 is 16.0 Å². The normalized spacial score (nSPS) is 13.1. The minimum absolute atomic E-state index is 0.00172. The minimum atomic E-state index is -0.542. The molecule has 2 aromatic heterocycles. The highest BCUT2D eigenvalue weighted by atomic mass is 32.2. The Balaban J connectivity index is 1.13. The van der Waals surface area contributed by atoms with Crippen LogP contribution in [-0.2, 0) is 27.2 Å². The van der Waals surface area contributed by atoms with Gasteiger partial charge in [0.15, 0.2) is 0 Å². The number of thioether (sulfide) groups is 1. The molecule has 1 aliphatic carbocycles. The molecule has 0 unspecified atom stereocenters. The van der Waals surface area contributed by atoms with Gasteiger partial charge in [-0.05, 0) is 86.7 Å². The molecule has 0 saturated carbocycles. The molecule has 3 amide bonds. The first-order valence-corrected chi connectivity index (χ1v) is 17.8. The minimum Gasteiger partial charge on any atom is -0.465 e. The van der Waals surface area contributed by atoms with Crippen molar-refractivity contribution in [2.45, 2.75) is 42.8 Å². The fraction of sp³-hybridized carbons (Fsp3) is 0.179. The summed E-state index contributed by atoms with van der Waals surface area (Å²) in [5, 5.41) is 8.59. The highest BCUT2D eigenvalue weighted by Gasteiger charge is 2.28. The predicted octanol–water partition coefficient (Wildman–Crippen LogP) is 8.20. The van der Waals surface area contributed by atoms with Crippen molar-refractivity contribution in [1.82, 2.24) is 5.32 Å². The topological polar surface area (TPSA) is 127 Å². The molecule has 9 nitrogen and oxygen atoms in total. The number of furan rings is 1.